The number of nitrogens with two attached hydrogens (primary N) is 1. The van der Waals surface area contributed by atoms with Gasteiger partial charge < -0.3 is 20.5 Å². The molecule has 5 nitrogen and oxygen atoms in total. The summed E-state index contributed by atoms with van der Waals surface area (Å²) in [5.74, 6) is -0.0341. The summed E-state index contributed by atoms with van der Waals surface area (Å²) < 4.78 is 10.3. The van der Waals surface area contributed by atoms with Crippen LogP contribution < -0.4 is 11.1 Å². The maximum atomic E-state index is 11.2. The Morgan fingerprint density at radius 1 is 1.44 bits per heavy atom. The van der Waals surface area contributed by atoms with E-state index in [4.69, 9.17) is 15.2 Å². The van der Waals surface area contributed by atoms with Crippen LogP contribution >= 0.6 is 0 Å². The quantitative estimate of drug-likeness (QED) is 0.569. The number of benzene rings is 1. The highest BCUT2D eigenvalue weighted by atomic mass is 16.5. The van der Waals surface area contributed by atoms with Crippen LogP contribution in [0.15, 0.2) is 18.2 Å². The number of hydrogen-bond donors (Lipinski definition) is 2. The molecule has 0 radical (unpaired) electrons. The van der Waals surface area contributed by atoms with Crippen LogP contribution in [0.4, 0.5) is 11.4 Å². The van der Waals surface area contributed by atoms with Gasteiger partial charge in [-0.05, 0) is 25.1 Å². The standard InChI is InChI=1S/C13H20N2O3/c1-9(16)12-5-4-10(6-13(12)14)15-7-11(18-3)8-17-2/h4-6,11,15H,7-8,14H2,1-3H3. The molecule has 0 spiro atoms. The van der Waals surface area contributed by atoms with Gasteiger partial charge in [-0.2, -0.15) is 0 Å². The van der Waals surface area contributed by atoms with Crippen LogP contribution in [-0.2, 0) is 9.47 Å². The summed E-state index contributed by atoms with van der Waals surface area (Å²) in [6.45, 7) is 2.63. The van der Waals surface area contributed by atoms with E-state index in [0.29, 0.717) is 24.4 Å². The van der Waals surface area contributed by atoms with Crippen LogP contribution in [0, 0.1) is 0 Å². The lowest BCUT2D eigenvalue weighted by molar-refractivity contribution is 0.0365. The molecule has 0 saturated heterocycles. The van der Waals surface area contributed by atoms with Gasteiger partial charge in [0.25, 0.3) is 0 Å². The molecule has 0 bridgehead atoms. The van der Waals surface area contributed by atoms with Gasteiger partial charge in [0.15, 0.2) is 5.78 Å². The number of Topliss-reactive ketones (excluding diaryl/α,β-unsaturated/α-hetero) is 1. The van der Waals surface area contributed by atoms with Gasteiger partial charge in [0.2, 0.25) is 0 Å². The summed E-state index contributed by atoms with van der Waals surface area (Å²) in [5, 5.41) is 3.19. The number of carbonyl (C=O) groups is 1. The number of carbonyl (C=O) groups excluding carboxylic acids is 1. The Labute approximate surface area is 107 Å². The van der Waals surface area contributed by atoms with Crippen molar-refractivity contribution in [1.29, 1.82) is 0 Å². The Hall–Kier alpha value is -1.59. The Balaban J connectivity index is 2.63. The highest BCUT2D eigenvalue weighted by Crippen LogP contribution is 2.18. The molecule has 0 aliphatic carbocycles. The molecule has 1 rings (SSSR count). The number of ether oxygens (including phenoxy) is 2. The first-order valence-electron chi connectivity index (χ1n) is 5.74. The Morgan fingerprint density at radius 3 is 2.67 bits per heavy atom. The number of ketones is 1. The smallest absolute Gasteiger partial charge is 0.161 e. The van der Waals surface area contributed by atoms with Crippen molar-refractivity contribution in [3.8, 4) is 0 Å². The molecule has 0 fully saturated rings. The highest BCUT2D eigenvalue weighted by Gasteiger charge is 2.08. The van der Waals surface area contributed by atoms with Crippen LogP contribution in [0.2, 0.25) is 0 Å². The Bertz CT molecular complexity index is 407. The Morgan fingerprint density at radius 2 is 2.17 bits per heavy atom. The first kappa shape index (κ1) is 14.5. The largest absolute Gasteiger partial charge is 0.398 e. The highest BCUT2D eigenvalue weighted by molar-refractivity contribution is 5.99. The van der Waals surface area contributed by atoms with E-state index >= 15 is 0 Å². The van der Waals surface area contributed by atoms with Crippen molar-refractivity contribution < 1.29 is 14.3 Å². The third-order valence-electron chi connectivity index (χ3n) is 2.65. The zero-order chi connectivity index (χ0) is 13.5. The average Bonchev–Trinajstić information content (AvgIpc) is 2.34. The fourth-order valence-corrected chi connectivity index (χ4v) is 1.62. The van der Waals surface area contributed by atoms with E-state index in [-0.39, 0.29) is 11.9 Å². The van der Waals surface area contributed by atoms with E-state index in [9.17, 15) is 4.79 Å². The van der Waals surface area contributed by atoms with Crippen LogP contribution in [-0.4, -0.2) is 39.3 Å². The monoisotopic (exact) mass is 252 g/mol. The molecule has 100 valence electrons. The second-order valence-electron chi connectivity index (χ2n) is 4.05. The molecule has 5 heteroatoms. The van der Waals surface area contributed by atoms with Gasteiger partial charge in [0.1, 0.15) is 0 Å². The second-order valence-corrected chi connectivity index (χ2v) is 4.05. The first-order valence-corrected chi connectivity index (χ1v) is 5.74. The van der Waals surface area contributed by atoms with Gasteiger partial charge in [-0.1, -0.05) is 0 Å². The molecule has 0 amide bonds. The van der Waals surface area contributed by atoms with Crippen molar-refractivity contribution in [3.05, 3.63) is 23.8 Å². The number of nitrogen functional groups attached to an aromatic ring is 1. The lowest BCUT2D eigenvalue weighted by Crippen LogP contribution is -2.26. The number of anilines is 2. The molecule has 18 heavy (non-hydrogen) atoms. The van der Waals surface area contributed by atoms with E-state index in [1.807, 2.05) is 6.07 Å². The fourth-order valence-electron chi connectivity index (χ4n) is 1.62. The lowest BCUT2D eigenvalue weighted by Gasteiger charge is -2.16. The van der Waals surface area contributed by atoms with Crippen LogP contribution in [0.25, 0.3) is 0 Å². The minimum Gasteiger partial charge on any atom is -0.398 e. The van der Waals surface area contributed by atoms with Gasteiger partial charge in [0.05, 0.1) is 12.7 Å². The molecule has 1 aromatic carbocycles. The third kappa shape index (κ3) is 4.01. The topological polar surface area (TPSA) is 73.6 Å². The van der Waals surface area contributed by atoms with Gasteiger partial charge in [-0.3, -0.25) is 4.79 Å². The van der Waals surface area contributed by atoms with Gasteiger partial charge in [0, 0.05) is 37.7 Å². The molecule has 0 aliphatic rings. The number of nitrogens with one attached hydrogen (secondary N) is 1. The second kappa shape index (κ2) is 6.98. The van der Waals surface area contributed by atoms with E-state index in [2.05, 4.69) is 5.32 Å². The van der Waals surface area contributed by atoms with Crippen molar-refractivity contribution in [1.82, 2.24) is 0 Å². The minimum absolute atomic E-state index is 0.0243. The summed E-state index contributed by atoms with van der Waals surface area (Å²) in [7, 11) is 3.27. The van der Waals surface area contributed by atoms with E-state index in [1.165, 1.54) is 6.92 Å². The predicted molar refractivity (Wildman–Crippen MR) is 72.0 cm³/mol. The number of rotatable bonds is 7. The van der Waals surface area contributed by atoms with Crippen molar-refractivity contribution in [2.75, 3.05) is 38.4 Å². The summed E-state index contributed by atoms with van der Waals surface area (Å²) in [4.78, 5) is 11.2. The summed E-state index contributed by atoms with van der Waals surface area (Å²) in [6.07, 6.45) is -0.0243. The molecule has 0 heterocycles. The number of hydrogen-bond acceptors (Lipinski definition) is 5. The minimum atomic E-state index is -0.0341. The molecule has 1 unspecified atom stereocenters. The van der Waals surface area contributed by atoms with Crippen molar-refractivity contribution in [2.45, 2.75) is 13.0 Å². The fraction of sp³-hybridized carbons (Fsp3) is 0.462. The van der Waals surface area contributed by atoms with E-state index in [0.717, 1.165) is 5.69 Å². The van der Waals surface area contributed by atoms with E-state index in [1.54, 1.807) is 26.4 Å². The average molecular weight is 252 g/mol. The van der Waals surface area contributed by atoms with Gasteiger partial charge >= 0.3 is 0 Å². The lowest BCUT2D eigenvalue weighted by atomic mass is 10.1. The SMILES string of the molecule is COCC(CNc1ccc(C(C)=O)c(N)c1)OC. The first-order chi connectivity index (χ1) is 8.58. The maximum absolute atomic E-state index is 11.2. The number of methoxy groups -OCH3 is 2. The molecule has 3 N–H and O–H groups in total. The molecule has 1 aromatic rings. The molecule has 0 saturated carbocycles. The molecule has 0 aliphatic heterocycles. The van der Waals surface area contributed by atoms with Crippen molar-refractivity contribution in [3.63, 3.8) is 0 Å². The summed E-state index contributed by atoms with van der Waals surface area (Å²) in [6, 6.07) is 5.29. The van der Waals surface area contributed by atoms with Crippen LogP contribution in [0.5, 0.6) is 0 Å². The Kier molecular flexibility index (Phi) is 5.61. The summed E-state index contributed by atoms with van der Waals surface area (Å²) >= 11 is 0. The predicted octanol–water partition coefficient (Wildman–Crippen LogP) is 1.54. The zero-order valence-corrected chi connectivity index (χ0v) is 11.0. The van der Waals surface area contributed by atoms with Crippen molar-refractivity contribution in [2.24, 2.45) is 0 Å². The third-order valence-corrected chi connectivity index (χ3v) is 2.65. The molecule has 1 atom stereocenters. The van der Waals surface area contributed by atoms with Crippen LogP contribution in [0.3, 0.4) is 0 Å². The van der Waals surface area contributed by atoms with Crippen molar-refractivity contribution >= 4 is 17.2 Å². The zero-order valence-electron chi connectivity index (χ0n) is 11.0. The maximum Gasteiger partial charge on any atom is 0.161 e. The normalized spacial score (nSPS) is 12.2. The molecule has 0 aromatic heterocycles. The molecular weight excluding hydrogens is 232 g/mol. The molecular formula is C13H20N2O3. The van der Waals surface area contributed by atoms with Gasteiger partial charge in [-0.15, -0.1) is 0 Å². The van der Waals surface area contributed by atoms with E-state index < -0.39 is 0 Å². The van der Waals surface area contributed by atoms with Crippen LogP contribution in [0.1, 0.15) is 17.3 Å². The van der Waals surface area contributed by atoms with Gasteiger partial charge in [-0.25, -0.2) is 0 Å². The summed E-state index contributed by atoms with van der Waals surface area (Å²) in [5.41, 5.74) is 7.68.